The molecule has 4 nitrogen and oxygen atoms in total. The van der Waals surface area contributed by atoms with E-state index in [1.807, 2.05) is 0 Å². The van der Waals surface area contributed by atoms with E-state index < -0.39 is 0 Å². The van der Waals surface area contributed by atoms with Crippen LogP contribution in [0.3, 0.4) is 0 Å². The van der Waals surface area contributed by atoms with E-state index in [1.165, 1.54) is 19.1 Å². The Labute approximate surface area is 152 Å². The van der Waals surface area contributed by atoms with Gasteiger partial charge in [0, 0.05) is 24.6 Å². The number of Topliss-reactive ketones (excluding diaryl/α,β-unsaturated/α-hetero) is 1. The number of ether oxygens (including phenoxy) is 1. The van der Waals surface area contributed by atoms with Crippen molar-refractivity contribution >= 4 is 11.7 Å². The van der Waals surface area contributed by atoms with Crippen molar-refractivity contribution in [1.82, 2.24) is 4.90 Å². The quantitative estimate of drug-likeness (QED) is 0.763. The molecule has 0 aliphatic carbocycles. The lowest BCUT2D eigenvalue weighted by atomic mass is 9.97. The monoisotopic (exact) mass is 355 g/mol. The van der Waals surface area contributed by atoms with Crippen molar-refractivity contribution in [2.24, 2.45) is 5.92 Å². The summed E-state index contributed by atoms with van der Waals surface area (Å²) in [6.45, 7) is 3.22. The molecule has 1 atom stereocenters. The first-order chi connectivity index (χ1) is 12.5. The first-order valence-electron chi connectivity index (χ1n) is 8.82. The number of benzene rings is 2. The summed E-state index contributed by atoms with van der Waals surface area (Å²) in [6.07, 6.45) is 1.87. The van der Waals surface area contributed by atoms with Crippen LogP contribution < -0.4 is 4.74 Å². The van der Waals surface area contributed by atoms with Crippen molar-refractivity contribution in [3.8, 4) is 5.75 Å². The molecule has 2 aromatic rings. The molecule has 5 heteroatoms. The van der Waals surface area contributed by atoms with E-state index in [-0.39, 0.29) is 23.4 Å². The summed E-state index contributed by atoms with van der Waals surface area (Å²) in [7, 11) is 0. The van der Waals surface area contributed by atoms with Crippen molar-refractivity contribution in [3.05, 3.63) is 65.5 Å². The number of carbonyl (C=O) groups excluding carboxylic acids is 2. The molecule has 0 N–H and O–H groups in total. The van der Waals surface area contributed by atoms with Crippen LogP contribution in [0.5, 0.6) is 5.75 Å². The summed E-state index contributed by atoms with van der Waals surface area (Å²) in [5, 5.41) is 0. The number of piperidine rings is 1. The van der Waals surface area contributed by atoms with Gasteiger partial charge in [-0.2, -0.15) is 0 Å². The van der Waals surface area contributed by atoms with Gasteiger partial charge in [0.25, 0.3) is 5.91 Å². The maximum absolute atomic E-state index is 12.9. The Morgan fingerprint density at radius 1 is 1.12 bits per heavy atom. The molecular weight excluding hydrogens is 333 g/mol. The minimum Gasteiger partial charge on any atom is -0.493 e. The molecule has 1 aliphatic heterocycles. The fraction of sp³-hybridized carbons (Fsp3) is 0.333. The molecule has 0 aromatic heterocycles. The van der Waals surface area contributed by atoms with Crippen LogP contribution in [0.15, 0.2) is 48.5 Å². The van der Waals surface area contributed by atoms with Gasteiger partial charge in [0.05, 0.1) is 12.2 Å². The summed E-state index contributed by atoms with van der Waals surface area (Å²) in [5.74, 6) is 0.319. The Kier molecular flexibility index (Phi) is 5.66. The van der Waals surface area contributed by atoms with Crippen molar-refractivity contribution in [3.63, 3.8) is 0 Å². The van der Waals surface area contributed by atoms with E-state index >= 15 is 0 Å². The summed E-state index contributed by atoms with van der Waals surface area (Å²) in [5.41, 5.74) is 0.919. The molecule has 1 heterocycles. The predicted octanol–water partition coefficient (Wildman–Crippen LogP) is 3.96. The van der Waals surface area contributed by atoms with Gasteiger partial charge < -0.3 is 9.64 Å². The molecule has 1 aliphatic rings. The maximum atomic E-state index is 12.9. The van der Waals surface area contributed by atoms with E-state index in [1.54, 1.807) is 41.3 Å². The molecule has 136 valence electrons. The Hall–Kier alpha value is -2.69. The van der Waals surface area contributed by atoms with Crippen molar-refractivity contribution in [2.75, 3.05) is 19.7 Å². The minimum atomic E-state index is -0.295. The number of carbonyl (C=O) groups is 2. The summed E-state index contributed by atoms with van der Waals surface area (Å²) >= 11 is 0. The van der Waals surface area contributed by atoms with E-state index in [0.29, 0.717) is 36.6 Å². The first kappa shape index (κ1) is 18.1. The van der Waals surface area contributed by atoms with Crippen LogP contribution in [-0.2, 0) is 0 Å². The lowest BCUT2D eigenvalue weighted by molar-refractivity contribution is 0.0630. The second kappa shape index (κ2) is 8.13. The van der Waals surface area contributed by atoms with Crippen molar-refractivity contribution in [1.29, 1.82) is 0 Å². The van der Waals surface area contributed by atoms with Gasteiger partial charge in [0.2, 0.25) is 0 Å². The third kappa shape index (κ3) is 4.28. The van der Waals surface area contributed by atoms with Gasteiger partial charge in [-0.15, -0.1) is 0 Å². The number of halogens is 1. The normalized spacial score (nSPS) is 17.0. The highest BCUT2D eigenvalue weighted by atomic mass is 19.1. The third-order valence-electron chi connectivity index (χ3n) is 4.64. The molecule has 0 spiro atoms. The number of amides is 1. The molecule has 0 unspecified atom stereocenters. The van der Waals surface area contributed by atoms with Crippen molar-refractivity contribution < 1.29 is 18.7 Å². The number of likely N-dealkylation sites (tertiary alicyclic amines) is 1. The van der Waals surface area contributed by atoms with E-state index in [4.69, 9.17) is 4.74 Å². The van der Waals surface area contributed by atoms with Gasteiger partial charge in [-0.3, -0.25) is 9.59 Å². The molecule has 0 radical (unpaired) electrons. The van der Waals surface area contributed by atoms with Crippen molar-refractivity contribution in [2.45, 2.75) is 19.8 Å². The number of nitrogens with zero attached hydrogens (tertiary/aromatic N) is 1. The fourth-order valence-electron chi connectivity index (χ4n) is 3.28. The molecule has 3 rings (SSSR count). The van der Waals surface area contributed by atoms with Gasteiger partial charge >= 0.3 is 0 Å². The van der Waals surface area contributed by atoms with E-state index in [2.05, 4.69) is 0 Å². The topological polar surface area (TPSA) is 46.6 Å². The van der Waals surface area contributed by atoms with Crippen LogP contribution in [0.25, 0.3) is 0 Å². The lowest BCUT2D eigenvalue weighted by Crippen LogP contribution is -2.42. The Balaban J connectivity index is 1.64. The van der Waals surface area contributed by atoms with E-state index in [0.717, 1.165) is 12.8 Å². The molecule has 0 saturated carbocycles. The standard InChI is InChI=1S/C21H22FNO3/c1-15(24)19-6-2-3-7-20(19)21(25)23-12-4-5-16(13-23)14-26-18-10-8-17(22)9-11-18/h2-3,6-11,16H,4-5,12-14H2,1H3/t16-/m0/s1. The van der Waals surface area contributed by atoms with Gasteiger partial charge in [0.15, 0.2) is 5.78 Å². The van der Waals surface area contributed by atoms with Crippen LogP contribution >= 0.6 is 0 Å². The lowest BCUT2D eigenvalue weighted by Gasteiger charge is -2.33. The minimum absolute atomic E-state index is 0.109. The highest BCUT2D eigenvalue weighted by Crippen LogP contribution is 2.22. The summed E-state index contributed by atoms with van der Waals surface area (Å²) in [4.78, 5) is 26.5. The van der Waals surface area contributed by atoms with Gasteiger partial charge in [-0.25, -0.2) is 4.39 Å². The first-order valence-corrected chi connectivity index (χ1v) is 8.82. The zero-order valence-corrected chi connectivity index (χ0v) is 14.8. The molecule has 2 aromatic carbocycles. The van der Waals surface area contributed by atoms with Gasteiger partial charge in [-0.1, -0.05) is 18.2 Å². The van der Waals surface area contributed by atoms with Crippen LogP contribution in [0.2, 0.25) is 0 Å². The largest absolute Gasteiger partial charge is 0.493 e. The molecule has 26 heavy (non-hydrogen) atoms. The average Bonchev–Trinajstić information content (AvgIpc) is 2.67. The maximum Gasteiger partial charge on any atom is 0.254 e. The zero-order chi connectivity index (χ0) is 18.5. The van der Waals surface area contributed by atoms with Crippen LogP contribution in [0.4, 0.5) is 4.39 Å². The Bertz CT molecular complexity index is 788. The average molecular weight is 355 g/mol. The smallest absolute Gasteiger partial charge is 0.254 e. The summed E-state index contributed by atoms with van der Waals surface area (Å²) in [6, 6.07) is 12.9. The number of hydrogen-bond donors (Lipinski definition) is 0. The zero-order valence-electron chi connectivity index (χ0n) is 14.8. The second-order valence-corrected chi connectivity index (χ2v) is 6.63. The highest BCUT2D eigenvalue weighted by Gasteiger charge is 2.26. The predicted molar refractivity (Wildman–Crippen MR) is 97.0 cm³/mol. The van der Waals surface area contributed by atoms with Crippen LogP contribution in [0.1, 0.15) is 40.5 Å². The molecule has 1 amide bonds. The molecule has 1 fully saturated rings. The Morgan fingerprint density at radius 2 is 1.81 bits per heavy atom. The number of hydrogen-bond acceptors (Lipinski definition) is 3. The molecule has 0 bridgehead atoms. The third-order valence-corrected chi connectivity index (χ3v) is 4.64. The SMILES string of the molecule is CC(=O)c1ccccc1C(=O)N1CCC[C@H](COc2ccc(F)cc2)C1. The molecule has 1 saturated heterocycles. The van der Waals surface area contributed by atoms with E-state index in [9.17, 15) is 14.0 Å². The summed E-state index contributed by atoms with van der Waals surface area (Å²) < 4.78 is 18.7. The fourth-order valence-corrected chi connectivity index (χ4v) is 3.28. The highest BCUT2D eigenvalue weighted by molar-refractivity contribution is 6.07. The number of rotatable bonds is 5. The molecular formula is C21H22FNO3. The Morgan fingerprint density at radius 3 is 2.50 bits per heavy atom. The number of ketones is 1. The van der Waals surface area contributed by atoms with Gasteiger partial charge in [-0.05, 0) is 50.1 Å². The van der Waals surface area contributed by atoms with Crippen LogP contribution in [-0.4, -0.2) is 36.3 Å². The van der Waals surface area contributed by atoms with Gasteiger partial charge in [0.1, 0.15) is 11.6 Å². The second-order valence-electron chi connectivity index (χ2n) is 6.63. The van der Waals surface area contributed by atoms with Crippen LogP contribution in [0, 0.1) is 11.7 Å².